The Bertz CT molecular complexity index is 624. The fourth-order valence-electron chi connectivity index (χ4n) is 1.35. The number of pyridine rings is 1. The van der Waals surface area contributed by atoms with Crippen molar-refractivity contribution in [2.75, 3.05) is 10.6 Å². The van der Waals surface area contributed by atoms with Gasteiger partial charge >= 0.3 is 11.8 Å². The topological polar surface area (TPSA) is 84.0 Å². The van der Waals surface area contributed by atoms with Crippen LogP contribution < -0.4 is 10.6 Å². The van der Waals surface area contributed by atoms with E-state index in [1.165, 1.54) is 11.3 Å². The number of anilines is 2. The number of carbonyl (C=O) groups is 2. The Balaban J connectivity index is 2.00. The van der Waals surface area contributed by atoms with Crippen molar-refractivity contribution in [2.45, 2.75) is 13.8 Å². The number of rotatable bonds is 2. The molecule has 6 nitrogen and oxygen atoms in total. The number of carbonyl (C=O) groups excluding carboxylic acids is 2. The van der Waals surface area contributed by atoms with E-state index >= 15 is 0 Å². The summed E-state index contributed by atoms with van der Waals surface area (Å²) in [6.07, 6.45) is 1.55. The minimum atomic E-state index is -0.769. The van der Waals surface area contributed by atoms with Gasteiger partial charge in [0.25, 0.3) is 0 Å². The van der Waals surface area contributed by atoms with E-state index in [-0.39, 0.29) is 0 Å². The maximum atomic E-state index is 11.7. The van der Waals surface area contributed by atoms with Crippen LogP contribution in [0.5, 0.6) is 0 Å². The fraction of sp³-hybridized carbons (Fsp3) is 0.167. The van der Waals surface area contributed by atoms with Crippen molar-refractivity contribution >= 4 is 34.1 Å². The lowest BCUT2D eigenvalue weighted by Crippen LogP contribution is -2.29. The third-order valence-electron chi connectivity index (χ3n) is 2.29. The van der Waals surface area contributed by atoms with Gasteiger partial charge in [0.15, 0.2) is 5.13 Å². The molecule has 2 N–H and O–H groups in total. The quantitative estimate of drug-likeness (QED) is 0.818. The average Bonchev–Trinajstić information content (AvgIpc) is 2.77. The van der Waals surface area contributed by atoms with Crippen molar-refractivity contribution in [3.05, 3.63) is 35.0 Å². The molecule has 0 fully saturated rings. The number of hydrogen-bond acceptors (Lipinski definition) is 5. The van der Waals surface area contributed by atoms with Gasteiger partial charge in [-0.05, 0) is 25.5 Å². The van der Waals surface area contributed by atoms with E-state index in [9.17, 15) is 9.59 Å². The first-order valence-corrected chi connectivity index (χ1v) is 6.40. The molecule has 98 valence electrons. The number of hydrogen-bond donors (Lipinski definition) is 2. The summed E-state index contributed by atoms with van der Waals surface area (Å²) in [5, 5.41) is 7.07. The minimum Gasteiger partial charge on any atom is -0.302 e. The summed E-state index contributed by atoms with van der Waals surface area (Å²) in [7, 11) is 0. The average molecular weight is 276 g/mol. The highest BCUT2D eigenvalue weighted by molar-refractivity contribution is 7.14. The molecule has 0 aliphatic carbocycles. The van der Waals surface area contributed by atoms with Crippen LogP contribution in [0.4, 0.5) is 10.9 Å². The summed E-state index contributed by atoms with van der Waals surface area (Å²) < 4.78 is 0. The van der Waals surface area contributed by atoms with Gasteiger partial charge in [-0.2, -0.15) is 0 Å². The monoisotopic (exact) mass is 276 g/mol. The van der Waals surface area contributed by atoms with Crippen LogP contribution in [0.15, 0.2) is 23.7 Å². The zero-order chi connectivity index (χ0) is 13.8. The molecule has 0 aliphatic rings. The number of nitrogens with zero attached hydrogens (tertiary/aromatic N) is 2. The van der Waals surface area contributed by atoms with Crippen LogP contribution in [0.2, 0.25) is 0 Å². The number of thiazole rings is 1. The highest BCUT2D eigenvalue weighted by atomic mass is 32.1. The van der Waals surface area contributed by atoms with Crippen LogP contribution in [0, 0.1) is 13.8 Å². The molecule has 2 aromatic heterocycles. The largest absolute Gasteiger partial charge is 0.315 e. The highest BCUT2D eigenvalue weighted by Crippen LogP contribution is 2.14. The number of aromatic nitrogens is 2. The van der Waals surface area contributed by atoms with Crippen LogP contribution in [-0.2, 0) is 9.59 Å². The molecule has 2 amide bonds. The SMILES string of the molecule is Cc1csc(NC(=O)C(=O)Nc2ncccc2C)n1. The Morgan fingerprint density at radius 2 is 1.95 bits per heavy atom. The molecule has 2 aromatic rings. The molecule has 2 heterocycles. The molecule has 19 heavy (non-hydrogen) atoms. The van der Waals surface area contributed by atoms with Crippen molar-refractivity contribution in [2.24, 2.45) is 0 Å². The molecule has 0 saturated heterocycles. The molecule has 7 heteroatoms. The zero-order valence-electron chi connectivity index (χ0n) is 10.4. The van der Waals surface area contributed by atoms with Gasteiger partial charge in [0.05, 0.1) is 5.69 Å². The van der Waals surface area contributed by atoms with Gasteiger partial charge in [0, 0.05) is 11.6 Å². The molecule has 0 atom stereocenters. The highest BCUT2D eigenvalue weighted by Gasteiger charge is 2.16. The van der Waals surface area contributed by atoms with E-state index < -0.39 is 11.8 Å². The second-order valence-corrected chi connectivity index (χ2v) is 4.73. The predicted molar refractivity (Wildman–Crippen MR) is 73.1 cm³/mol. The van der Waals surface area contributed by atoms with E-state index in [1.807, 2.05) is 6.92 Å². The van der Waals surface area contributed by atoms with E-state index in [1.54, 1.807) is 30.6 Å². The van der Waals surface area contributed by atoms with Gasteiger partial charge in [0.2, 0.25) is 0 Å². The lowest BCUT2D eigenvalue weighted by atomic mass is 10.3. The fourth-order valence-corrected chi connectivity index (χ4v) is 2.03. The second kappa shape index (κ2) is 5.57. The molecule has 0 bridgehead atoms. The Hall–Kier alpha value is -2.28. The smallest absolute Gasteiger partial charge is 0.302 e. The van der Waals surface area contributed by atoms with Crippen molar-refractivity contribution in [1.29, 1.82) is 0 Å². The van der Waals surface area contributed by atoms with E-state index in [0.717, 1.165) is 11.3 Å². The van der Waals surface area contributed by atoms with Gasteiger partial charge in [-0.3, -0.25) is 14.9 Å². The molecule has 0 saturated carbocycles. The van der Waals surface area contributed by atoms with E-state index in [0.29, 0.717) is 10.9 Å². The second-order valence-electron chi connectivity index (χ2n) is 3.87. The standard InChI is InChI=1S/C12H12N4O2S/c1-7-4-3-5-13-9(7)15-10(17)11(18)16-12-14-8(2)6-19-12/h3-6H,1-2H3,(H,13,15,17)(H,14,16,18). The Morgan fingerprint density at radius 3 is 2.58 bits per heavy atom. The van der Waals surface area contributed by atoms with Gasteiger partial charge in [-0.15, -0.1) is 11.3 Å². The predicted octanol–water partition coefficient (Wildman–Crippen LogP) is 1.73. The van der Waals surface area contributed by atoms with Crippen molar-refractivity contribution in [3.63, 3.8) is 0 Å². The van der Waals surface area contributed by atoms with Gasteiger partial charge < -0.3 is 5.32 Å². The molecule has 2 rings (SSSR count). The molecule has 0 spiro atoms. The summed E-state index contributed by atoms with van der Waals surface area (Å²) in [6.45, 7) is 3.61. The maximum absolute atomic E-state index is 11.7. The van der Waals surface area contributed by atoms with Crippen LogP contribution in [0.25, 0.3) is 0 Å². The summed E-state index contributed by atoms with van der Waals surface area (Å²) in [4.78, 5) is 31.4. The third-order valence-corrected chi connectivity index (χ3v) is 3.16. The Morgan fingerprint density at radius 1 is 1.21 bits per heavy atom. The summed E-state index contributed by atoms with van der Waals surface area (Å²) >= 11 is 1.27. The number of nitrogens with one attached hydrogen (secondary N) is 2. The van der Waals surface area contributed by atoms with Crippen molar-refractivity contribution in [3.8, 4) is 0 Å². The summed E-state index contributed by atoms with van der Waals surface area (Å²) in [5.41, 5.74) is 1.58. The van der Waals surface area contributed by atoms with Crippen molar-refractivity contribution < 1.29 is 9.59 Å². The number of aryl methyl sites for hydroxylation is 2. The number of amides is 2. The summed E-state index contributed by atoms with van der Waals surface area (Å²) in [5.74, 6) is -1.16. The molecular weight excluding hydrogens is 264 g/mol. The normalized spacial score (nSPS) is 10.0. The van der Waals surface area contributed by atoms with Gasteiger partial charge in [-0.25, -0.2) is 9.97 Å². The van der Waals surface area contributed by atoms with Crippen LogP contribution in [-0.4, -0.2) is 21.8 Å². The first kappa shape index (κ1) is 13.2. The van der Waals surface area contributed by atoms with Gasteiger partial charge in [0.1, 0.15) is 5.82 Å². The Labute approximate surface area is 113 Å². The molecule has 0 radical (unpaired) electrons. The minimum absolute atomic E-state index is 0.373. The first-order chi connectivity index (χ1) is 9.06. The third kappa shape index (κ3) is 3.35. The van der Waals surface area contributed by atoms with Crippen LogP contribution >= 0.6 is 11.3 Å². The van der Waals surface area contributed by atoms with Crippen LogP contribution in [0.3, 0.4) is 0 Å². The lowest BCUT2D eigenvalue weighted by Gasteiger charge is -2.05. The molecule has 0 unspecified atom stereocenters. The first-order valence-electron chi connectivity index (χ1n) is 5.52. The van der Waals surface area contributed by atoms with Gasteiger partial charge in [-0.1, -0.05) is 6.07 Å². The van der Waals surface area contributed by atoms with E-state index in [4.69, 9.17) is 0 Å². The molecule has 0 aromatic carbocycles. The van der Waals surface area contributed by atoms with E-state index in [2.05, 4.69) is 20.6 Å². The summed E-state index contributed by atoms with van der Waals surface area (Å²) in [6, 6.07) is 3.55. The molecule has 0 aliphatic heterocycles. The maximum Gasteiger partial charge on any atom is 0.315 e. The van der Waals surface area contributed by atoms with Crippen molar-refractivity contribution in [1.82, 2.24) is 9.97 Å². The molecular formula is C12H12N4O2S. The zero-order valence-corrected chi connectivity index (χ0v) is 11.2. The van der Waals surface area contributed by atoms with Crippen LogP contribution in [0.1, 0.15) is 11.3 Å². The Kier molecular flexibility index (Phi) is 3.86. The lowest BCUT2D eigenvalue weighted by molar-refractivity contribution is -0.133.